The number of hydrogen-bond acceptors (Lipinski definition) is 4. The Morgan fingerprint density at radius 2 is 1.63 bits per heavy atom. The number of carbonyl (C=O) groups is 1. The van der Waals surface area contributed by atoms with E-state index in [4.69, 9.17) is 4.74 Å². The van der Waals surface area contributed by atoms with Crippen molar-refractivity contribution >= 4 is 43.2 Å². The highest BCUT2D eigenvalue weighted by molar-refractivity contribution is 9.10. The number of amides is 1. The summed E-state index contributed by atoms with van der Waals surface area (Å²) in [5, 5.41) is 2.62. The molecule has 6 nitrogen and oxygen atoms in total. The van der Waals surface area contributed by atoms with Crippen LogP contribution >= 0.6 is 15.9 Å². The Balaban J connectivity index is 1.70. The topological polar surface area (TPSA) is 84.5 Å². The molecule has 1 amide bonds. The van der Waals surface area contributed by atoms with Crippen molar-refractivity contribution in [3.05, 3.63) is 82.6 Å². The first-order chi connectivity index (χ1) is 14.2. The number of ether oxygens (including phenoxy) is 1. The van der Waals surface area contributed by atoms with E-state index in [2.05, 4.69) is 26.0 Å². The molecule has 0 atom stereocenters. The Morgan fingerprint density at radius 1 is 1.00 bits per heavy atom. The molecule has 3 aromatic carbocycles. The summed E-state index contributed by atoms with van der Waals surface area (Å²) in [7, 11) is -3.93. The molecule has 0 spiro atoms. The van der Waals surface area contributed by atoms with Crippen LogP contribution in [0.25, 0.3) is 0 Å². The third kappa shape index (κ3) is 5.80. The van der Waals surface area contributed by atoms with Crippen molar-refractivity contribution in [1.29, 1.82) is 0 Å². The molecule has 0 aliphatic rings. The fourth-order valence-electron chi connectivity index (χ4n) is 2.57. The Bertz CT molecular complexity index is 1150. The lowest BCUT2D eigenvalue weighted by molar-refractivity contribution is -0.118. The number of carbonyl (C=O) groups excluding carboxylic acids is 1. The molecule has 30 heavy (non-hydrogen) atoms. The lowest BCUT2D eigenvalue weighted by Crippen LogP contribution is -2.21. The van der Waals surface area contributed by atoms with Gasteiger partial charge in [-0.25, -0.2) is 12.8 Å². The van der Waals surface area contributed by atoms with Crippen LogP contribution in [-0.4, -0.2) is 20.9 Å². The Labute approximate surface area is 182 Å². The first-order valence-electron chi connectivity index (χ1n) is 8.80. The Hall–Kier alpha value is -2.91. The predicted molar refractivity (Wildman–Crippen MR) is 117 cm³/mol. The smallest absolute Gasteiger partial charge is 0.262 e. The van der Waals surface area contributed by atoms with Crippen molar-refractivity contribution in [2.45, 2.75) is 11.8 Å². The van der Waals surface area contributed by atoms with E-state index in [9.17, 15) is 17.6 Å². The van der Waals surface area contributed by atoms with Gasteiger partial charge in [-0.1, -0.05) is 22.0 Å². The third-order valence-corrected chi connectivity index (χ3v) is 6.09. The average Bonchev–Trinajstić information content (AvgIpc) is 2.70. The van der Waals surface area contributed by atoms with Crippen LogP contribution in [0, 0.1) is 12.7 Å². The molecule has 2 N–H and O–H groups in total. The molecule has 0 radical (unpaired) electrons. The molecule has 0 saturated heterocycles. The lowest BCUT2D eigenvalue weighted by atomic mass is 10.2. The fraction of sp³-hybridized carbons (Fsp3) is 0.0952. The Kier molecular flexibility index (Phi) is 6.73. The predicted octanol–water partition coefficient (Wildman–Crippen LogP) is 4.71. The normalized spacial score (nSPS) is 11.0. The van der Waals surface area contributed by atoms with E-state index in [1.807, 2.05) is 0 Å². The number of sulfonamides is 1. The Morgan fingerprint density at radius 3 is 2.30 bits per heavy atom. The maximum atomic E-state index is 13.0. The van der Waals surface area contributed by atoms with Crippen LogP contribution in [-0.2, 0) is 14.8 Å². The molecule has 0 aromatic heterocycles. The third-order valence-electron chi connectivity index (χ3n) is 4.04. The first kappa shape index (κ1) is 21.8. The van der Waals surface area contributed by atoms with Gasteiger partial charge < -0.3 is 10.1 Å². The summed E-state index contributed by atoms with van der Waals surface area (Å²) < 4.78 is 47.2. The molecular weight excluding hydrogens is 475 g/mol. The minimum Gasteiger partial charge on any atom is -0.484 e. The summed E-state index contributed by atoms with van der Waals surface area (Å²) in [5.41, 5.74) is 1.03. The second kappa shape index (κ2) is 9.27. The highest BCUT2D eigenvalue weighted by atomic mass is 79.9. The molecule has 0 aliphatic heterocycles. The first-order valence-corrected chi connectivity index (χ1v) is 11.1. The average molecular weight is 493 g/mol. The zero-order chi connectivity index (χ0) is 21.7. The standard InChI is InChI=1S/C21H18BrFN2O4S/c1-14-2-7-18(24-21(26)13-29-19-10-3-15(22)4-11-19)12-20(14)30(27,28)25-17-8-5-16(23)6-9-17/h2-12,25H,13H2,1H3,(H,24,26). The van der Waals surface area contributed by atoms with Gasteiger partial charge >= 0.3 is 0 Å². The zero-order valence-electron chi connectivity index (χ0n) is 15.9. The van der Waals surface area contributed by atoms with Crippen molar-refractivity contribution in [1.82, 2.24) is 0 Å². The van der Waals surface area contributed by atoms with Gasteiger partial charge in [-0.2, -0.15) is 0 Å². The van der Waals surface area contributed by atoms with E-state index in [0.717, 1.165) is 16.6 Å². The molecule has 3 aromatic rings. The van der Waals surface area contributed by atoms with E-state index < -0.39 is 21.7 Å². The lowest BCUT2D eigenvalue weighted by Gasteiger charge is -2.13. The summed E-state index contributed by atoms with van der Waals surface area (Å²) >= 11 is 3.32. The van der Waals surface area contributed by atoms with Gasteiger partial charge in [0, 0.05) is 15.8 Å². The van der Waals surface area contributed by atoms with Gasteiger partial charge in [-0.05, 0) is 73.2 Å². The van der Waals surface area contributed by atoms with E-state index in [0.29, 0.717) is 17.0 Å². The molecule has 0 saturated carbocycles. The van der Waals surface area contributed by atoms with Crippen molar-refractivity contribution in [3.8, 4) is 5.75 Å². The second-order valence-corrected chi connectivity index (χ2v) is 8.95. The van der Waals surface area contributed by atoms with E-state index >= 15 is 0 Å². The molecule has 0 aliphatic carbocycles. The minimum absolute atomic E-state index is 0.00143. The van der Waals surface area contributed by atoms with Crippen molar-refractivity contribution in [3.63, 3.8) is 0 Å². The van der Waals surface area contributed by atoms with Crippen LogP contribution in [0.15, 0.2) is 76.1 Å². The van der Waals surface area contributed by atoms with Crippen LogP contribution in [0.5, 0.6) is 5.75 Å². The second-order valence-electron chi connectivity index (χ2n) is 6.38. The summed E-state index contributed by atoms with van der Waals surface area (Å²) in [6, 6.07) is 16.5. The molecule has 156 valence electrons. The molecule has 3 rings (SSSR count). The molecule has 9 heteroatoms. The van der Waals surface area contributed by atoms with Crippen molar-refractivity contribution < 1.29 is 22.3 Å². The number of benzene rings is 3. The molecule has 0 fully saturated rings. The fourth-order valence-corrected chi connectivity index (χ4v) is 4.17. The number of aryl methyl sites for hydroxylation is 1. The quantitative estimate of drug-likeness (QED) is 0.499. The van der Waals surface area contributed by atoms with Gasteiger partial charge in [-0.15, -0.1) is 0 Å². The van der Waals surface area contributed by atoms with E-state index in [1.54, 1.807) is 43.3 Å². The molecule has 0 bridgehead atoms. The van der Waals surface area contributed by atoms with E-state index in [1.165, 1.54) is 18.2 Å². The summed E-state index contributed by atoms with van der Waals surface area (Å²) in [6.07, 6.45) is 0. The van der Waals surface area contributed by atoms with Gasteiger partial charge in [0.05, 0.1) is 4.90 Å². The van der Waals surface area contributed by atoms with Crippen LogP contribution in [0.1, 0.15) is 5.56 Å². The number of nitrogens with one attached hydrogen (secondary N) is 2. The van der Waals surface area contributed by atoms with Gasteiger partial charge in [0.15, 0.2) is 6.61 Å². The molecular formula is C21H18BrFN2O4S. The van der Waals surface area contributed by atoms with Crippen molar-refractivity contribution in [2.75, 3.05) is 16.6 Å². The number of halogens is 2. The summed E-state index contributed by atoms with van der Waals surface area (Å²) in [4.78, 5) is 12.2. The highest BCUT2D eigenvalue weighted by Crippen LogP contribution is 2.23. The van der Waals surface area contributed by atoms with Crippen LogP contribution in [0.2, 0.25) is 0 Å². The van der Waals surface area contributed by atoms with Crippen LogP contribution in [0.3, 0.4) is 0 Å². The maximum absolute atomic E-state index is 13.0. The van der Waals surface area contributed by atoms with Gasteiger partial charge in [0.1, 0.15) is 11.6 Å². The monoisotopic (exact) mass is 492 g/mol. The number of hydrogen-bond donors (Lipinski definition) is 2. The minimum atomic E-state index is -3.93. The van der Waals surface area contributed by atoms with Crippen LogP contribution in [0.4, 0.5) is 15.8 Å². The summed E-state index contributed by atoms with van der Waals surface area (Å²) in [6.45, 7) is 1.41. The van der Waals surface area contributed by atoms with Gasteiger partial charge in [0.25, 0.3) is 15.9 Å². The highest BCUT2D eigenvalue weighted by Gasteiger charge is 2.18. The number of anilines is 2. The summed E-state index contributed by atoms with van der Waals surface area (Å²) in [5.74, 6) is -0.371. The number of rotatable bonds is 7. The molecule has 0 heterocycles. The van der Waals surface area contributed by atoms with Crippen molar-refractivity contribution in [2.24, 2.45) is 0 Å². The largest absolute Gasteiger partial charge is 0.484 e. The van der Waals surface area contributed by atoms with Crippen LogP contribution < -0.4 is 14.8 Å². The van der Waals surface area contributed by atoms with Gasteiger partial charge in [-0.3, -0.25) is 9.52 Å². The van der Waals surface area contributed by atoms with Gasteiger partial charge in [0.2, 0.25) is 0 Å². The maximum Gasteiger partial charge on any atom is 0.262 e. The SMILES string of the molecule is Cc1ccc(NC(=O)COc2ccc(Br)cc2)cc1S(=O)(=O)Nc1ccc(F)cc1. The van der Waals surface area contributed by atoms with E-state index in [-0.39, 0.29) is 17.2 Å². The zero-order valence-corrected chi connectivity index (χ0v) is 18.3. The molecule has 0 unspecified atom stereocenters.